The third-order valence-corrected chi connectivity index (χ3v) is 12.9. The van der Waals surface area contributed by atoms with Crippen LogP contribution in [0, 0.1) is 19.8 Å². The minimum absolute atomic E-state index is 0. The molecule has 0 heterocycles. The average Bonchev–Trinajstić information content (AvgIpc) is 2.80. The Morgan fingerprint density at radius 1 is 1.04 bits per heavy atom. The second kappa shape index (κ2) is 10.00. The molecule has 0 fully saturated rings. The normalized spacial score (nSPS) is 20.4. The molecule has 0 saturated heterocycles. The van der Waals surface area contributed by atoms with Crippen molar-refractivity contribution < 1.29 is 57.7 Å². The summed E-state index contributed by atoms with van der Waals surface area (Å²) in [6.45, 7) is 14.2. The van der Waals surface area contributed by atoms with Gasteiger partial charge in [-0.3, -0.25) is 0 Å². The summed E-state index contributed by atoms with van der Waals surface area (Å²) < 4.78 is 0.239. The maximum Gasteiger partial charge on any atom is -1.00 e. The van der Waals surface area contributed by atoms with E-state index >= 15 is 0 Å². The van der Waals surface area contributed by atoms with Gasteiger partial charge in [-0.25, -0.2) is 0 Å². The fourth-order valence-electron chi connectivity index (χ4n) is 3.43. The van der Waals surface area contributed by atoms with Crippen LogP contribution in [0.5, 0.6) is 0 Å². The molecule has 2 unspecified atom stereocenters. The van der Waals surface area contributed by atoms with Gasteiger partial charge in [0, 0.05) is 0 Å². The number of hydrogen-bond acceptors (Lipinski definition) is 0. The van der Waals surface area contributed by atoms with E-state index < -0.39 is 8.07 Å². The van der Waals surface area contributed by atoms with Crippen LogP contribution in [0.4, 0.5) is 0 Å². The van der Waals surface area contributed by atoms with Crippen molar-refractivity contribution in [1.29, 1.82) is 0 Å². The van der Waals surface area contributed by atoms with Crippen LogP contribution in [0.15, 0.2) is 42.0 Å². The fraction of sp³-hybridized carbons (Fsp3) is 0.474. The first kappa shape index (κ1) is 26.7. The van der Waals surface area contributed by atoms with E-state index in [0.717, 1.165) is 0 Å². The van der Waals surface area contributed by atoms with Crippen LogP contribution in [-0.2, 0) is 20.4 Å². The summed E-state index contributed by atoms with van der Waals surface area (Å²) in [5.74, 6) is 0.669. The van der Waals surface area contributed by atoms with Crippen molar-refractivity contribution in [2.75, 3.05) is 0 Å². The molecular formula is C19H27Cl3SiTi. The second-order valence-corrected chi connectivity index (χ2v) is 13.7. The van der Waals surface area contributed by atoms with Crippen molar-refractivity contribution in [3.05, 3.63) is 53.1 Å². The van der Waals surface area contributed by atoms with Gasteiger partial charge in [-0.2, -0.15) is 0 Å². The SMILES string of the molecule is CCC(C)C1=CC=C[C]1([Ti+3])[Si](C)(C)c1cc(C)cc(C)c1.[Cl-].[Cl-].[Cl-]. The second-order valence-electron chi connectivity index (χ2n) is 7.10. The molecule has 0 radical (unpaired) electrons. The minimum atomic E-state index is -1.63. The summed E-state index contributed by atoms with van der Waals surface area (Å²) in [5.41, 5.74) is 4.43. The Bertz CT molecular complexity index is 590. The zero-order chi connectivity index (χ0) is 15.8. The van der Waals surface area contributed by atoms with Crippen molar-refractivity contribution in [2.45, 2.75) is 50.6 Å². The van der Waals surface area contributed by atoms with Gasteiger partial charge in [0.05, 0.1) is 0 Å². The van der Waals surface area contributed by atoms with Gasteiger partial charge in [0.25, 0.3) is 0 Å². The van der Waals surface area contributed by atoms with E-state index in [2.05, 4.69) is 97.7 Å². The third-order valence-electron chi connectivity index (χ3n) is 5.15. The number of halogens is 3. The maximum atomic E-state index is 2.53. The Labute approximate surface area is 179 Å². The molecule has 0 aromatic heterocycles. The molecule has 0 N–H and O–H groups in total. The smallest absolute Gasteiger partial charge is 1.00 e. The first-order chi connectivity index (χ1) is 9.72. The zero-order valence-electron chi connectivity index (χ0n) is 15.4. The van der Waals surface area contributed by atoms with Crippen LogP contribution in [0.3, 0.4) is 0 Å². The summed E-state index contributed by atoms with van der Waals surface area (Å²) in [7, 11) is -1.63. The van der Waals surface area contributed by atoms with Crippen LogP contribution >= 0.6 is 0 Å². The molecule has 0 saturated carbocycles. The molecule has 0 spiro atoms. The largest absolute Gasteiger partial charge is 1.00 e. The Kier molecular flexibility index (Phi) is 11.1. The van der Waals surface area contributed by atoms with Gasteiger partial charge >= 0.3 is 143 Å². The van der Waals surface area contributed by atoms with Crippen molar-refractivity contribution in [2.24, 2.45) is 5.92 Å². The summed E-state index contributed by atoms with van der Waals surface area (Å²) in [4.78, 5) is 0. The average molecular weight is 438 g/mol. The van der Waals surface area contributed by atoms with Crippen LogP contribution in [0.25, 0.3) is 0 Å². The van der Waals surface area contributed by atoms with Gasteiger partial charge in [0.2, 0.25) is 0 Å². The Hall–Kier alpha value is 0.501. The van der Waals surface area contributed by atoms with Gasteiger partial charge < -0.3 is 37.2 Å². The van der Waals surface area contributed by atoms with Crippen LogP contribution in [0.2, 0.25) is 16.4 Å². The first-order valence-electron chi connectivity index (χ1n) is 7.96. The van der Waals surface area contributed by atoms with Gasteiger partial charge in [-0.15, -0.1) is 0 Å². The molecule has 1 aliphatic carbocycles. The van der Waals surface area contributed by atoms with E-state index in [1.807, 2.05) is 0 Å². The van der Waals surface area contributed by atoms with Gasteiger partial charge in [-0.1, -0.05) is 0 Å². The molecule has 2 rings (SSSR count). The van der Waals surface area contributed by atoms with Crippen LogP contribution in [-0.4, -0.2) is 8.07 Å². The van der Waals surface area contributed by atoms with Crippen molar-refractivity contribution in [1.82, 2.24) is 0 Å². The van der Waals surface area contributed by atoms with E-state index in [4.69, 9.17) is 0 Å². The molecule has 24 heavy (non-hydrogen) atoms. The molecule has 5 heteroatoms. The summed E-state index contributed by atoms with van der Waals surface area (Å²) >= 11 is 2.47. The van der Waals surface area contributed by atoms with Gasteiger partial charge in [0.15, 0.2) is 0 Å². The number of benzene rings is 1. The quantitative estimate of drug-likeness (QED) is 0.422. The minimum Gasteiger partial charge on any atom is -1.00 e. The molecule has 0 amide bonds. The van der Waals surface area contributed by atoms with Gasteiger partial charge in [0.1, 0.15) is 0 Å². The van der Waals surface area contributed by atoms with E-state index in [1.54, 1.807) is 10.8 Å². The number of rotatable bonds is 4. The van der Waals surface area contributed by atoms with Crippen LogP contribution in [0.1, 0.15) is 31.4 Å². The molecular weight excluding hydrogens is 411 g/mol. The van der Waals surface area contributed by atoms with E-state index in [0.29, 0.717) is 5.92 Å². The summed E-state index contributed by atoms with van der Waals surface area (Å²) in [6.07, 6.45) is 8.36. The van der Waals surface area contributed by atoms with Crippen molar-refractivity contribution in [3.8, 4) is 0 Å². The standard InChI is InChI=1S/C19H27Si.3ClH.Ti/c1-7-16(4)18-9-8-10-19(18)20(5,6)17-12-14(2)11-15(3)13-17;;;;/h8-13,16H,7H2,1-6H3;3*1H;/q;;;;+3/p-3. The molecule has 1 aliphatic rings. The molecule has 2 atom stereocenters. The Morgan fingerprint density at radius 2 is 1.54 bits per heavy atom. The van der Waals surface area contributed by atoms with Crippen LogP contribution < -0.4 is 42.4 Å². The van der Waals surface area contributed by atoms with Crippen molar-refractivity contribution >= 4 is 13.3 Å². The Morgan fingerprint density at radius 3 is 2.00 bits per heavy atom. The predicted molar refractivity (Wildman–Crippen MR) is 92.4 cm³/mol. The fourth-order valence-corrected chi connectivity index (χ4v) is 7.97. The number of allylic oxidation sites excluding steroid dienone is 4. The van der Waals surface area contributed by atoms with Gasteiger partial charge in [-0.05, 0) is 0 Å². The predicted octanol–water partition coefficient (Wildman–Crippen LogP) is -3.98. The van der Waals surface area contributed by atoms with E-state index in [1.165, 1.54) is 17.5 Å². The van der Waals surface area contributed by atoms with E-state index in [9.17, 15) is 0 Å². The topological polar surface area (TPSA) is 0 Å². The number of hydrogen-bond donors (Lipinski definition) is 0. The first-order valence-corrected chi connectivity index (χ1v) is 11.7. The summed E-state index contributed by atoms with van der Waals surface area (Å²) in [5, 5.41) is 1.59. The molecule has 0 aliphatic heterocycles. The Balaban J connectivity index is 0. The molecule has 1 aromatic rings. The summed E-state index contributed by atoms with van der Waals surface area (Å²) in [6, 6.07) is 7.13. The number of aryl methyl sites for hydroxylation is 2. The maximum absolute atomic E-state index is 2.53. The molecule has 132 valence electrons. The van der Waals surface area contributed by atoms with E-state index in [-0.39, 0.29) is 40.6 Å². The molecule has 0 nitrogen and oxygen atoms in total. The van der Waals surface area contributed by atoms with Crippen molar-refractivity contribution in [3.63, 3.8) is 0 Å². The zero-order valence-corrected chi connectivity index (χ0v) is 20.2. The molecule has 1 aromatic carbocycles. The third kappa shape index (κ3) is 4.81. The molecule has 0 bridgehead atoms. The monoisotopic (exact) mass is 436 g/mol.